The summed E-state index contributed by atoms with van der Waals surface area (Å²) in [5, 5.41) is 9.09. The van der Waals surface area contributed by atoms with Gasteiger partial charge in [-0.3, -0.25) is 9.59 Å². The fraction of sp³-hybridized carbons (Fsp3) is 0.294. The van der Waals surface area contributed by atoms with Gasteiger partial charge >= 0.3 is 0 Å². The monoisotopic (exact) mass is 355 g/mol. The normalized spacial score (nSPS) is 14.4. The highest BCUT2D eigenvalue weighted by Gasteiger charge is 2.22. The molecule has 3 heterocycles. The van der Waals surface area contributed by atoms with Gasteiger partial charge in [0.15, 0.2) is 0 Å². The first kappa shape index (κ1) is 15.8. The lowest BCUT2D eigenvalue weighted by atomic mass is 10.1. The smallest absolute Gasteiger partial charge is 0.251 e. The fourth-order valence-corrected chi connectivity index (χ4v) is 3.82. The molecule has 0 unspecified atom stereocenters. The average Bonchev–Trinajstić information content (AvgIpc) is 3.33. The number of hydrogen-bond donors (Lipinski definition) is 1. The van der Waals surface area contributed by atoms with E-state index >= 15 is 0 Å². The topological polar surface area (TPSA) is 79.6 Å². The van der Waals surface area contributed by atoms with Gasteiger partial charge in [-0.2, -0.15) is 5.10 Å². The Hall–Kier alpha value is -2.74. The molecule has 8 heteroatoms. The Morgan fingerprint density at radius 1 is 1.36 bits per heavy atom. The van der Waals surface area contributed by atoms with E-state index in [-0.39, 0.29) is 11.8 Å². The highest BCUT2D eigenvalue weighted by molar-refractivity contribution is 7.15. The maximum atomic E-state index is 12.4. The molecule has 1 aromatic carbocycles. The van der Waals surface area contributed by atoms with Crippen LogP contribution in [0.25, 0.3) is 4.96 Å². The second-order valence-electron chi connectivity index (χ2n) is 5.89. The number of anilines is 1. The number of carbonyl (C=O) groups is 2. The summed E-state index contributed by atoms with van der Waals surface area (Å²) in [5.74, 6) is -0.0228. The van der Waals surface area contributed by atoms with Gasteiger partial charge in [0.05, 0.1) is 5.69 Å². The Labute approximate surface area is 148 Å². The van der Waals surface area contributed by atoms with E-state index in [4.69, 9.17) is 0 Å². The zero-order chi connectivity index (χ0) is 17.2. The third-order valence-corrected chi connectivity index (χ3v) is 5.13. The van der Waals surface area contributed by atoms with E-state index in [1.165, 1.54) is 17.7 Å². The number of nitrogens with zero attached hydrogens (tertiary/aromatic N) is 4. The Morgan fingerprint density at radius 3 is 3.12 bits per heavy atom. The molecule has 1 saturated heterocycles. The minimum atomic E-state index is -0.140. The van der Waals surface area contributed by atoms with Crippen LogP contribution in [0.2, 0.25) is 0 Å². The summed E-state index contributed by atoms with van der Waals surface area (Å²) < 4.78 is 1.79. The maximum Gasteiger partial charge on any atom is 0.251 e. The molecule has 7 nitrogen and oxygen atoms in total. The summed E-state index contributed by atoms with van der Waals surface area (Å²) in [4.78, 5) is 31.0. The minimum Gasteiger partial charge on any atom is -0.352 e. The van der Waals surface area contributed by atoms with Crippen LogP contribution in [0.5, 0.6) is 0 Å². The van der Waals surface area contributed by atoms with Crippen LogP contribution in [0.4, 0.5) is 5.69 Å². The molecule has 2 aromatic heterocycles. The van der Waals surface area contributed by atoms with Crippen LogP contribution in [-0.4, -0.2) is 39.5 Å². The predicted octanol–water partition coefficient (Wildman–Crippen LogP) is 1.89. The molecule has 25 heavy (non-hydrogen) atoms. The first-order chi connectivity index (χ1) is 12.2. The lowest BCUT2D eigenvalue weighted by molar-refractivity contribution is -0.117. The van der Waals surface area contributed by atoms with Crippen molar-refractivity contribution in [2.24, 2.45) is 0 Å². The SMILES string of the molecule is O=C(NCCc1csc2ncnn12)c1cccc(N2CCCC2=O)c1. The lowest BCUT2D eigenvalue weighted by Crippen LogP contribution is -2.27. The molecule has 4 rings (SSSR count). The van der Waals surface area contributed by atoms with Crippen molar-refractivity contribution in [1.29, 1.82) is 0 Å². The van der Waals surface area contributed by atoms with Crippen molar-refractivity contribution >= 4 is 33.8 Å². The van der Waals surface area contributed by atoms with Gasteiger partial charge in [-0.05, 0) is 24.6 Å². The largest absolute Gasteiger partial charge is 0.352 e. The van der Waals surface area contributed by atoms with Crippen LogP contribution in [0.15, 0.2) is 36.0 Å². The molecule has 0 atom stereocenters. The molecule has 1 fully saturated rings. The molecule has 128 valence electrons. The lowest BCUT2D eigenvalue weighted by Gasteiger charge is -2.16. The van der Waals surface area contributed by atoms with Crippen LogP contribution >= 0.6 is 11.3 Å². The fourth-order valence-electron chi connectivity index (χ4n) is 2.99. The number of rotatable bonds is 5. The van der Waals surface area contributed by atoms with Gasteiger partial charge in [-0.15, -0.1) is 11.3 Å². The van der Waals surface area contributed by atoms with Gasteiger partial charge in [0, 0.05) is 42.6 Å². The number of fused-ring (bicyclic) bond motifs is 1. The van der Waals surface area contributed by atoms with Crippen molar-refractivity contribution in [3.63, 3.8) is 0 Å². The minimum absolute atomic E-state index is 0.117. The number of aromatic nitrogens is 3. The van der Waals surface area contributed by atoms with E-state index in [1.54, 1.807) is 21.5 Å². The number of benzene rings is 1. The van der Waals surface area contributed by atoms with Crippen LogP contribution in [0, 0.1) is 0 Å². The zero-order valence-corrected chi connectivity index (χ0v) is 14.3. The molecule has 3 aromatic rings. The van der Waals surface area contributed by atoms with Crippen LogP contribution in [0.3, 0.4) is 0 Å². The summed E-state index contributed by atoms with van der Waals surface area (Å²) in [7, 11) is 0. The van der Waals surface area contributed by atoms with Gasteiger partial charge in [0.1, 0.15) is 6.33 Å². The summed E-state index contributed by atoms with van der Waals surface area (Å²) >= 11 is 1.53. The van der Waals surface area contributed by atoms with Gasteiger partial charge in [0.25, 0.3) is 5.91 Å². The quantitative estimate of drug-likeness (QED) is 0.758. The van der Waals surface area contributed by atoms with Crippen molar-refractivity contribution in [3.8, 4) is 0 Å². The standard InChI is InChI=1S/C17H17N5O2S/c23-15-5-2-8-21(15)13-4-1-3-12(9-13)16(24)18-7-6-14-10-25-17-19-11-20-22(14)17/h1,3-4,9-11H,2,5-8H2,(H,18,24). The van der Waals surface area contributed by atoms with Gasteiger partial charge in [0.2, 0.25) is 10.9 Å². The van der Waals surface area contributed by atoms with Crippen molar-refractivity contribution in [3.05, 3.63) is 47.2 Å². The zero-order valence-electron chi connectivity index (χ0n) is 13.5. The molecule has 2 amide bonds. The molecule has 0 saturated carbocycles. The molecule has 0 radical (unpaired) electrons. The summed E-state index contributed by atoms with van der Waals surface area (Å²) in [6.45, 7) is 1.23. The van der Waals surface area contributed by atoms with E-state index in [0.29, 0.717) is 24.9 Å². The van der Waals surface area contributed by atoms with Crippen molar-refractivity contribution in [1.82, 2.24) is 19.9 Å². The van der Waals surface area contributed by atoms with Crippen LogP contribution < -0.4 is 10.2 Å². The molecule has 0 aliphatic carbocycles. The molecule has 1 aliphatic rings. The number of hydrogen-bond acceptors (Lipinski definition) is 5. The van der Waals surface area contributed by atoms with Gasteiger partial charge in [-0.25, -0.2) is 9.50 Å². The van der Waals surface area contributed by atoms with E-state index in [2.05, 4.69) is 15.4 Å². The van der Waals surface area contributed by atoms with Crippen molar-refractivity contribution < 1.29 is 9.59 Å². The van der Waals surface area contributed by atoms with Crippen LogP contribution in [-0.2, 0) is 11.2 Å². The van der Waals surface area contributed by atoms with Crippen LogP contribution in [0.1, 0.15) is 28.9 Å². The summed E-state index contributed by atoms with van der Waals surface area (Å²) in [6, 6.07) is 7.22. The van der Waals surface area contributed by atoms with Crippen molar-refractivity contribution in [2.75, 3.05) is 18.0 Å². The summed E-state index contributed by atoms with van der Waals surface area (Å²) in [5.41, 5.74) is 2.37. The first-order valence-corrected chi connectivity index (χ1v) is 9.05. The number of thiazole rings is 1. The maximum absolute atomic E-state index is 12.4. The van der Waals surface area contributed by atoms with E-state index < -0.39 is 0 Å². The Balaban J connectivity index is 1.39. The molecule has 0 bridgehead atoms. The highest BCUT2D eigenvalue weighted by Crippen LogP contribution is 2.22. The number of carbonyl (C=O) groups excluding carboxylic acids is 2. The third kappa shape index (κ3) is 3.12. The Kier molecular flexibility index (Phi) is 4.19. The van der Waals surface area contributed by atoms with Gasteiger partial charge < -0.3 is 10.2 Å². The van der Waals surface area contributed by atoms with Crippen molar-refractivity contribution in [2.45, 2.75) is 19.3 Å². The summed E-state index contributed by atoms with van der Waals surface area (Å²) in [6.07, 6.45) is 3.65. The van der Waals surface area contributed by atoms with Gasteiger partial charge in [-0.1, -0.05) is 6.07 Å². The Morgan fingerprint density at radius 2 is 2.28 bits per heavy atom. The number of nitrogens with one attached hydrogen (secondary N) is 1. The Bertz CT molecular complexity index is 932. The molecular weight excluding hydrogens is 338 g/mol. The molecule has 0 spiro atoms. The van der Waals surface area contributed by atoms with E-state index in [0.717, 1.165) is 29.3 Å². The second-order valence-corrected chi connectivity index (χ2v) is 6.72. The van der Waals surface area contributed by atoms with E-state index in [1.807, 2.05) is 17.5 Å². The first-order valence-electron chi connectivity index (χ1n) is 8.17. The predicted molar refractivity (Wildman–Crippen MR) is 94.9 cm³/mol. The third-order valence-electron chi connectivity index (χ3n) is 4.25. The van der Waals surface area contributed by atoms with E-state index in [9.17, 15) is 9.59 Å². The second kappa shape index (κ2) is 6.64. The number of amides is 2. The molecule has 1 aliphatic heterocycles. The molecule has 1 N–H and O–H groups in total. The molecular formula is C17H17N5O2S. The highest BCUT2D eigenvalue weighted by atomic mass is 32.1. The average molecular weight is 355 g/mol.